The van der Waals surface area contributed by atoms with Crippen molar-refractivity contribution in [3.8, 4) is 0 Å². The first-order chi connectivity index (χ1) is 7.49. The summed E-state index contributed by atoms with van der Waals surface area (Å²) < 4.78 is 0. The van der Waals surface area contributed by atoms with E-state index >= 15 is 0 Å². The molecule has 1 atom stereocenters. The zero-order valence-electron chi connectivity index (χ0n) is 9.84. The molecule has 0 aromatic carbocycles. The minimum atomic E-state index is -0.772. The third-order valence-corrected chi connectivity index (χ3v) is 2.27. The lowest BCUT2D eigenvalue weighted by atomic mass is 10.2. The lowest BCUT2D eigenvalue weighted by Crippen LogP contribution is -2.28. The van der Waals surface area contributed by atoms with Crippen LogP contribution in [0.1, 0.15) is 18.4 Å². The van der Waals surface area contributed by atoms with Crippen molar-refractivity contribution in [1.82, 2.24) is 14.9 Å². The van der Waals surface area contributed by atoms with Gasteiger partial charge in [-0.05, 0) is 20.0 Å². The average Bonchev–Trinajstić information content (AvgIpc) is 2.16. The van der Waals surface area contributed by atoms with Gasteiger partial charge in [0.15, 0.2) is 0 Å². The van der Waals surface area contributed by atoms with Crippen molar-refractivity contribution in [2.75, 3.05) is 13.6 Å². The van der Waals surface area contributed by atoms with Gasteiger partial charge in [0.2, 0.25) is 0 Å². The van der Waals surface area contributed by atoms with Crippen LogP contribution >= 0.6 is 0 Å². The molecule has 0 bridgehead atoms. The maximum Gasteiger partial charge on any atom is 0.307 e. The van der Waals surface area contributed by atoms with E-state index in [1.54, 1.807) is 13.1 Å². The van der Waals surface area contributed by atoms with Gasteiger partial charge in [0, 0.05) is 19.3 Å². The van der Waals surface area contributed by atoms with Crippen molar-refractivity contribution < 1.29 is 9.90 Å². The number of hydrogen-bond donors (Lipinski definition) is 1. The molecule has 5 heteroatoms. The lowest BCUT2D eigenvalue weighted by molar-refractivity contribution is -0.141. The fourth-order valence-electron chi connectivity index (χ4n) is 1.48. The van der Waals surface area contributed by atoms with E-state index in [1.807, 2.05) is 24.9 Å². The Kier molecular flexibility index (Phi) is 4.37. The van der Waals surface area contributed by atoms with E-state index in [4.69, 9.17) is 5.11 Å². The predicted molar refractivity (Wildman–Crippen MR) is 59.9 cm³/mol. The Labute approximate surface area is 95.1 Å². The number of rotatable bonds is 5. The Hall–Kier alpha value is -1.49. The number of carboxylic acids is 1. The van der Waals surface area contributed by atoms with Gasteiger partial charge in [-0.3, -0.25) is 9.69 Å². The van der Waals surface area contributed by atoms with E-state index in [0.29, 0.717) is 13.1 Å². The standard InChI is InChI=1S/C11H17N3O2/c1-8(11(15)16)6-14(3)7-10-4-5-12-9(2)13-10/h4-5,8H,6-7H2,1-3H3,(H,15,16). The van der Waals surface area contributed by atoms with Gasteiger partial charge in [0.1, 0.15) is 5.82 Å². The van der Waals surface area contributed by atoms with E-state index in [9.17, 15) is 4.79 Å². The van der Waals surface area contributed by atoms with Gasteiger partial charge in [-0.15, -0.1) is 0 Å². The molecule has 0 amide bonds. The summed E-state index contributed by atoms with van der Waals surface area (Å²) in [6.07, 6.45) is 1.71. The number of aryl methyl sites for hydroxylation is 1. The summed E-state index contributed by atoms with van der Waals surface area (Å²) in [5.74, 6) is -0.407. The number of carbonyl (C=O) groups is 1. The summed E-state index contributed by atoms with van der Waals surface area (Å²) in [5, 5.41) is 8.79. The van der Waals surface area contributed by atoms with E-state index in [2.05, 4.69) is 9.97 Å². The highest BCUT2D eigenvalue weighted by atomic mass is 16.4. The smallest absolute Gasteiger partial charge is 0.307 e. The zero-order valence-corrected chi connectivity index (χ0v) is 9.84. The minimum absolute atomic E-state index is 0.368. The number of nitrogens with zero attached hydrogens (tertiary/aromatic N) is 3. The molecule has 0 radical (unpaired) electrons. The molecule has 1 aromatic rings. The van der Waals surface area contributed by atoms with Gasteiger partial charge in [0.25, 0.3) is 0 Å². The second kappa shape index (κ2) is 5.55. The molecule has 0 aliphatic rings. The maximum atomic E-state index is 10.7. The SMILES string of the molecule is Cc1nccc(CN(C)CC(C)C(=O)O)n1. The van der Waals surface area contributed by atoms with Gasteiger partial charge in [-0.2, -0.15) is 0 Å². The van der Waals surface area contributed by atoms with Crippen molar-refractivity contribution in [2.24, 2.45) is 5.92 Å². The first-order valence-corrected chi connectivity index (χ1v) is 5.19. The Morgan fingerprint density at radius 3 is 2.88 bits per heavy atom. The Morgan fingerprint density at radius 1 is 1.62 bits per heavy atom. The topological polar surface area (TPSA) is 66.3 Å². The van der Waals surface area contributed by atoms with Gasteiger partial charge in [0.05, 0.1) is 11.6 Å². The van der Waals surface area contributed by atoms with Crippen LogP contribution in [0.4, 0.5) is 0 Å². The third-order valence-electron chi connectivity index (χ3n) is 2.27. The number of aliphatic carboxylic acids is 1. The van der Waals surface area contributed by atoms with Crippen molar-refractivity contribution in [3.63, 3.8) is 0 Å². The third kappa shape index (κ3) is 3.94. The molecule has 0 fully saturated rings. The monoisotopic (exact) mass is 223 g/mol. The number of hydrogen-bond acceptors (Lipinski definition) is 4. The number of carboxylic acid groups (broad SMARTS) is 1. The zero-order chi connectivity index (χ0) is 12.1. The number of aromatic nitrogens is 2. The van der Waals surface area contributed by atoms with E-state index in [1.165, 1.54) is 0 Å². The molecule has 88 valence electrons. The van der Waals surface area contributed by atoms with E-state index in [-0.39, 0.29) is 5.92 Å². The van der Waals surface area contributed by atoms with Crippen LogP contribution in [0.5, 0.6) is 0 Å². The molecule has 0 spiro atoms. The quantitative estimate of drug-likeness (QED) is 0.804. The van der Waals surface area contributed by atoms with Crippen LogP contribution in [0.25, 0.3) is 0 Å². The highest BCUT2D eigenvalue weighted by Crippen LogP contribution is 2.03. The van der Waals surface area contributed by atoms with E-state index in [0.717, 1.165) is 11.5 Å². The molecule has 1 unspecified atom stereocenters. The molecule has 16 heavy (non-hydrogen) atoms. The molecule has 1 N–H and O–H groups in total. The second-order valence-corrected chi connectivity index (χ2v) is 4.03. The molecule has 0 aliphatic heterocycles. The van der Waals surface area contributed by atoms with Crippen LogP contribution in [-0.4, -0.2) is 39.5 Å². The Bertz CT molecular complexity index is 368. The van der Waals surface area contributed by atoms with Crippen molar-refractivity contribution >= 4 is 5.97 Å². The largest absolute Gasteiger partial charge is 0.481 e. The maximum absolute atomic E-state index is 10.7. The van der Waals surface area contributed by atoms with Gasteiger partial charge < -0.3 is 5.11 Å². The average molecular weight is 223 g/mol. The fourth-order valence-corrected chi connectivity index (χ4v) is 1.48. The molecule has 0 aliphatic carbocycles. The molecule has 1 rings (SSSR count). The van der Waals surface area contributed by atoms with Gasteiger partial charge in [-0.1, -0.05) is 6.92 Å². The van der Waals surface area contributed by atoms with Crippen LogP contribution in [0.15, 0.2) is 12.3 Å². The van der Waals surface area contributed by atoms with Crippen LogP contribution in [0.2, 0.25) is 0 Å². The first-order valence-electron chi connectivity index (χ1n) is 5.19. The summed E-state index contributed by atoms with van der Waals surface area (Å²) in [6, 6.07) is 1.84. The summed E-state index contributed by atoms with van der Waals surface area (Å²) in [7, 11) is 1.89. The summed E-state index contributed by atoms with van der Waals surface area (Å²) in [6.45, 7) is 4.69. The minimum Gasteiger partial charge on any atom is -0.481 e. The molecule has 0 saturated heterocycles. The first kappa shape index (κ1) is 12.6. The summed E-state index contributed by atoms with van der Waals surface area (Å²) >= 11 is 0. The van der Waals surface area contributed by atoms with Crippen molar-refractivity contribution in [3.05, 3.63) is 23.8 Å². The Morgan fingerprint density at radius 2 is 2.31 bits per heavy atom. The normalized spacial score (nSPS) is 12.8. The highest BCUT2D eigenvalue weighted by molar-refractivity contribution is 5.69. The Balaban J connectivity index is 2.51. The molecule has 0 saturated carbocycles. The molecular formula is C11H17N3O2. The van der Waals surface area contributed by atoms with Crippen LogP contribution in [0.3, 0.4) is 0 Å². The van der Waals surface area contributed by atoms with Crippen molar-refractivity contribution in [1.29, 1.82) is 0 Å². The summed E-state index contributed by atoms with van der Waals surface area (Å²) in [5.41, 5.74) is 0.910. The van der Waals surface area contributed by atoms with E-state index < -0.39 is 5.97 Å². The molecule has 1 aromatic heterocycles. The molecule has 1 heterocycles. The highest BCUT2D eigenvalue weighted by Gasteiger charge is 2.13. The van der Waals surface area contributed by atoms with Gasteiger partial charge >= 0.3 is 5.97 Å². The second-order valence-electron chi connectivity index (χ2n) is 4.03. The van der Waals surface area contributed by atoms with Gasteiger partial charge in [-0.25, -0.2) is 9.97 Å². The predicted octanol–water partition coefficient (Wildman–Crippen LogP) is 0.938. The molecule has 5 nitrogen and oxygen atoms in total. The van der Waals surface area contributed by atoms with Crippen molar-refractivity contribution in [2.45, 2.75) is 20.4 Å². The fraction of sp³-hybridized carbons (Fsp3) is 0.545. The summed E-state index contributed by atoms with van der Waals surface area (Å²) in [4.78, 5) is 20.9. The van der Waals surface area contributed by atoms with Crippen LogP contribution in [-0.2, 0) is 11.3 Å². The van der Waals surface area contributed by atoms with Crippen LogP contribution in [0, 0.1) is 12.8 Å². The van der Waals surface area contributed by atoms with Crippen LogP contribution < -0.4 is 0 Å². The molecular weight excluding hydrogens is 206 g/mol. The lowest BCUT2D eigenvalue weighted by Gasteiger charge is -2.18.